The second-order valence-electron chi connectivity index (χ2n) is 9.63. The van der Waals surface area contributed by atoms with E-state index in [2.05, 4.69) is 153 Å². The van der Waals surface area contributed by atoms with Crippen molar-refractivity contribution >= 4 is 33.5 Å². The van der Waals surface area contributed by atoms with E-state index in [4.69, 9.17) is 0 Å². The Morgan fingerprint density at radius 2 is 0.730 bits per heavy atom. The zero-order valence-corrected chi connectivity index (χ0v) is 26.7. The van der Waals surface area contributed by atoms with Crippen LogP contribution in [-0.2, 0) is 0 Å². The third-order valence-electron chi connectivity index (χ3n) is 6.99. The van der Waals surface area contributed by atoms with Gasteiger partial charge < -0.3 is 0 Å². The van der Waals surface area contributed by atoms with Crippen molar-refractivity contribution in [1.29, 1.82) is 0 Å². The summed E-state index contributed by atoms with van der Waals surface area (Å²) >= 11 is -3.36. The number of unbranched alkanes of at least 4 members (excludes halogenated alkanes) is 2. The Morgan fingerprint density at radius 1 is 0.459 bits per heavy atom. The number of hydrogen-bond donors (Lipinski definition) is 0. The molecule has 0 unspecified atom stereocenters. The second kappa shape index (κ2) is 15.1. The van der Waals surface area contributed by atoms with E-state index in [1.165, 1.54) is 59.4 Å². The molecule has 4 aromatic rings. The number of benzene rings is 4. The molecule has 0 saturated carbocycles. The van der Waals surface area contributed by atoms with Crippen LogP contribution in [0.3, 0.4) is 0 Å². The third-order valence-corrected chi connectivity index (χ3v) is 39.6. The minimum absolute atomic E-state index is 0.450. The minimum atomic E-state index is -3.36. The van der Waals surface area contributed by atoms with E-state index in [0.29, 0.717) is 7.87 Å². The maximum atomic E-state index is 2.41. The van der Waals surface area contributed by atoms with Crippen molar-refractivity contribution in [3.8, 4) is 0 Å². The summed E-state index contributed by atoms with van der Waals surface area (Å²) in [7, 11) is 4.83. The van der Waals surface area contributed by atoms with Gasteiger partial charge in [0.1, 0.15) is 0 Å². The van der Waals surface area contributed by atoms with E-state index in [1.54, 1.807) is 0 Å². The summed E-state index contributed by atoms with van der Waals surface area (Å²) in [5, 5.41) is 0. The summed E-state index contributed by atoms with van der Waals surface area (Å²) in [6.07, 6.45) is 5.06. The summed E-state index contributed by atoms with van der Waals surface area (Å²) in [5.74, 6) is 2.50. The van der Waals surface area contributed by atoms with Crippen LogP contribution in [-0.4, -0.2) is 27.1 Å². The van der Waals surface area contributed by atoms with Gasteiger partial charge in [-0.25, -0.2) is 0 Å². The van der Waals surface area contributed by atoms with Crippen molar-refractivity contribution in [1.82, 2.24) is 0 Å². The van der Waals surface area contributed by atoms with Crippen molar-refractivity contribution in [2.24, 2.45) is 0 Å². The third kappa shape index (κ3) is 7.28. The van der Waals surface area contributed by atoms with Gasteiger partial charge in [0.25, 0.3) is 0 Å². The molecule has 0 nitrogen and oxygen atoms in total. The van der Waals surface area contributed by atoms with E-state index >= 15 is 0 Å². The van der Waals surface area contributed by atoms with Crippen LogP contribution in [0, 0.1) is 0 Å². The molecule has 3 heteroatoms. The van der Waals surface area contributed by atoms with Gasteiger partial charge in [-0.3, -0.25) is 0 Å². The van der Waals surface area contributed by atoms with Crippen molar-refractivity contribution in [3.05, 3.63) is 144 Å². The zero-order chi connectivity index (χ0) is 25.8. The van der Waals surface area contributed by atoms with E-state index in [-0.39, 0.29) is 0 Å². The Kier molecular flexibility index (Phi) is 11.6. The van der Waals surface area contributed by atoms with Crippen molar-refractivity contribution in [2.45, 2.75) is 47.4 Å². The SMILES string of the molecule is CCCC[S][Sn]([S]CCCC)([CH](c1ccccc1)c1ccccc1)[CH](c1ccccc1)c1ccccc1. The monoisotopic (exact) mass is 632 g/mol. The molecule has 37 heavy (non-hydrogen) atoms. The molecule has 0 heterocycles. The van der Waals surface area contributed by atoms with E-state index in [9.17, 15) is 0 Å². The average Bonchev–Trinajstić information content (AvgIpc) is 2.96. The van der Waals surface area contributed by atoms with Crippen LogP contribution in [0.4, 0.5) is 0 Å². The van der Waals surface area contributed by atoms with Crippen molar-refractivity contribution < 1.29 is 0 Å². The van der Waals surface area contributed by atoms with E-state index in [1.807, 2.05) is 0 Å². The van der Waals surface area contributed by atoms with Crippen molar-refractivity contribution in [2.75, 3.05) is 11.5 Å². The molecule has 0 bridgehead atoms. The van der Waals surface area contributed by atoms with Gasteiger partial charge in [-0.2, -0.15) is 0 Å². The molecule has 192 valence electrons. The van der Waals surface area contributed by atoms with Gasteiger partial charge in [0, 0.05) is 0 Å². The Balaban J connectivity index is 2.02. The van der Waals surface area contributed by atoms with Crippen molar-refractivity contribution in [3.63, 3.8) is 0 Å². The topological polar surface area (TPSA) is 0 Å². The standard InChI is InChI=1S/2C13H11.2C4H10S.Sn/c2*1-3-7-12(8-4-1)11-13-9-5-2-6-10-13;2*1-2-3-4-5;/h2*1-11H;2*5H,2-4H2,1H3;/q;;;;+2/p-2. The first-order valence-corrected chi connectivity index (χ1v) is 26.0. The first-order valence-electron chi connectivity index (χ1n) is 13.8. The van der Waals surface area contributed by atoms with Gasteiger partial charge in [-0.1, -0.05) is 0 Å². The molecule has 0 aliphatic carbocycles. The Morgan fingerprint density at radius 3 is 0.973 bits per heavy atom. The average molecular weight is 632 g/mol. The fourth-order valence-corrected chi connectivity index (χ4v) is 42.6. The zero-order valence-electron chi connectivity index (χ0n) is 22.3. The predicted molar refractivity (Wildman–Crippen MR) is 170 cm³/mol. The molecule has 0 N–H and O–H groups in total. The maximum absolute atomic E-state index is 3.36. The van der Waals surface area contributed by atoms with Crippen LogP contribution in [0.1, 0.15) is 69.7 Å². The molecular weight excluding hydrogens is 591 g/mol. The summed E-state index contributed by atoms with van der Waals surface area (Å²) in [4.78, 5) is 0. The molecule has 0 fully saturated rings. The summed E-state index contributed by atoms with van der Waals surface area (Å²) in [5.41, 5.74) is 5.98. The van der Waals surface area contributed by atoms with Gasteiger partial charge in [-0.05, 0) is 0 Å². The molecule has 0 amide bonds. The van der Waals surface area contributed by atoms with Gasteiger partial charge in [0.15, 0.2) is 0 Å². The Labute approximate surface area is 234 Å². The Bertz CT molecular complexity index is 976. The fourth-order valence-electron chi connectivity index (χ4n) is 5.19. The summed E-state index contributed by atoms with van der Waals surface area (Å²) < 4.78 is 0.900. The summed E-state index contributed by atoms with van der Waals surface area (Å²) in [6, 6.07) is 45.8. The number of rotatable bonds is 14. The molecule has 4 aromatic carbocycles. The van der Waals surface area contributed by atoms with Crippen LogP contribution in [0.2, 0.25) is 0 Å². The molecule has 0 aromatic heterocycles. The molecule has 4 rings (SSSR count). The first-order chi connectivity index (χ1) is 18.3. The predicted octanol–water partition coefficient (Wildman–Crippen LogP) is 10.2. The van der Waals surface area contributed by atoms with Crippen LogP contribution >= 0.6 is 17.9 Å². The summed E-state index contributed by atoms with van der Waals surface area (Å²) in [6.45, 7) is 4.67. The van der Waals surface area contributed by atoms with Gasteiger partial charge in [0.2, 0.25) is 0 Å². The van der Waals surface area contributed by atoms with Crippen LogP contribution in [0.25, 0.3) is 0 Å². The Hall–Kier alpha value is -1.62. The van der Waals surface area contributed by atoms with Crippen LogP contribution in [0.5, 0.6) is 0 Å². The first kappa shape index (κ1) is 28.4. The molecule has 0 spiro atoms. The van der Waals surface area contributed by atoms with Gasteiger partial charge >= 0.3 is 236 Å². The molecule has 0 radical (unpaired) electrons. The number of hydrogen-bond acceptors (Lipinski definition) is 2. The van der Waals surface area contributed by atoms with E-state index in [0.717, 1.165) is 0 Å². The second-order valence-corrected chi connectivity index (χ2v) is 34.2. The van der Waals surface area contributed by atoms with Crippen LogP contribution in [0.15, 0.2) is 121 Å². The molecule has 0 aliphatic rings. The van der Waals surface area contributed by atoms with Crippen LogP contribution < -0.4 is 0 Å². The van der Waals surface area contributed by atoms with E-state index < -0.39 is 15.6 Å². The molecular formula is C34H40S2Sn. The quantitative estimate of drug-likeness (QED) is 0.100. The normalized spacial score (nSPS) is 11.8. The molecule has 0 atom stereocenters. The fraction of sp³-hybridized carbons (Fsp3) is 0.294. The van der Waals surface area contributed by atoms with Gasteiger partial charge in [0.05, 0.1) is 0 Å². The molecule has 0 aliphatic heterocycles. The van der Waals surface area contributed by atoms with Gasteiger partial charge in [-0.15, -0.1) is 0 Å². The molecule has 0 saturated heterocycles.